The second-order valence-corrected chi connectivity index (χ2v) is 7.22. The fourth-order valence-electron chi connectivity index (χ4n) is 3.09. The number of aliphatic hydroxyl groups excluding tert-OH is 1. The van der Waals surface area contributed by atoms with Crippen LogP contribution in [0.2, 0.25) is 0 Å². The van der Waals surface area contributed by atoms with Crippen molar-refractivity contribution in [1.82, 2.24) is 0 Å². The fourth-order valence-corrected chi connectivity index (χ4v) is 4.33. The van der Waals surface area contributed by atoms with E-state index in [1.165, 1.54) is 53.7 Å². The summed E-state index contributed by atoms with van der Waals surface area (Å²) in [4.78, 5) is 2.67. The van der Waals surface area contributed by atoms with Crippen molar-refractivity contribution in [2.75, 3.05) is 0 Å². The van der Waals surface area contributed by atoms with Crippen molar-refractivity contribution in [3.63, 3.8) is 0 Å². The lowest BCUT2D eigenvalue weighted by atomic mass is 10.0. The molecular weight excluding hydrogens is 276 g/mol. The highest BCUT2D eigenvalue weighted by atomic mass is 32.1. The summed E-state index contributed by atoms with van der Waals surface area (Å²) in [5.74, 6) is 0. The largest absolute Gasteiger partial charge is 0.387 e. The van der Waals surface area contributed by atoms with E-state index in [0.717, 1.165) is 17.7 Å². The predicted octanol–water partition coefficient (Wildman–Crippen LogP) is 4.86. The number of hydrogen-bond donors (Lipinski definition) is 1. The minimum atomic E-state index is -0.352. The molecule has 2 heteroatoms. The second kappa shape index (κ2) is 6.76. The summed E-state index contributed by atoms with van der Waals surface area (Å²) >= 11 is 1.83. The molecule has 112 valence electrons. The normalized spacial score (nSPS) is 16.3. The maximum absolute atomic E-state index is 10.5. The summed E-state index contributed by atoms with van der Waals surface area (Å²) in [5.41, 5.74) is 4.08. The van der Waals surface area contributed by atoms with E-state index >= 15 is 0 Å². The molecule has 21 heavy (non-hydrogen) atoms. The van der Waals surface area contributed by atoms with Gasteiger partial charge in [-0.15, -0.1) is 11.3 Å². The molecule has 1 aromatic carbocycles. The van der Waals surface area contributed by atoms with Gasteiger partial charge in [-0.1, -0.05) is 37.6 Å². The van der Waals surface area contributed by atoms with Crippen LogP contribution in [-0.4, -0.2) is 5.11 Å². The van der Waals surface area contributed by atoms with Gasteiger partial charge in [0, 0.05) is 16.2 Å². The summed E-state index contributed by atoms with van der Waals surface area (Å²) < 4.78 is 0. The molecule has 3 rings (SSSR count). The van der Waals surface area contributed by atoms with Crippen LogP contribution < -0.4 is 0 Å². The molecule has 1 unspecified atom stereocenters. The Balaban J connectivity index is 1.71. The van der Waals surface area contributed by atoms with Crippen LogP contribution in [0.25, 0.3) is 0 Å². The lowest BCUT2D eigenvalue weighted by molar-refractivity contribution is 0.182. The zero-order valence-corrected chi connectivity index (χ0v) is 13.6. The minimum absolute atomic E-state index is 0.352. The number of thiophene rings is 1. The molecule has 0 aliphatic heterocycles. The molecule has 0 radical (unpaired) electrons. The highest BCUT2D eigenvalue weighted by molar-refractivity contribution is 7.12. The number of benzene rings is 1. The Morgan fingerprint density at radius 2 is 1.76 bits per heavy atom. The number of rotatable bonds is 4. The van der Waals surface area contributed by atoms with Crippen molar-refractivity contribution in [3.05, 3.63) is 56.8 Å². The molecule has 1 nitrogen and oxygen atoms in total. The molecule has 0 fully saturated rings. The summed E-state index contributed by atoms with van der Waals surface area (Å²) in [6.45, 7) is 2.17. The van der Waals surface area contributed by atoms with Crippen LogP contribution in [-0.2, 0) is 25.7 Å². The summed E-state index contributed by atoms with van der Waals surface area (Å²) in [6.07, 6.45) is 7.81. The third-order valence-electron chi connectivity index (χ3n) is 4.45. The average molecular weight is 300 g/mol. The molecule has 0 saturated heterocycles. The van der Waals surface area contributed by atoms with Gasteiger partial charge >= 0.3 is 0 Å². The summed E-state index contributed by atoms with van der Waals surface area (Å²) in [5, 5.41) is 10.5. The molecule has 1 aromatic heterocycles. The Labute approximate surface area is 131 Å². The maximum Gasteiger partial charge on any atom is 0.0922 e. The molecule has 1 N–H and O–H groups in total. The van der Waals surface area contributed by atoms with E-state index in [4.69, 9.17) is 0 Å². The van der Waals surface area contributed by atoms with Crippen molar-refractivity contribution in [3.8, 4) is 0 Å². The van der Waals surface area contributed by atoms with Crippen LogP contribution >= 0.6 is 11.3 Å². The molecule has 1 aliphatic carbocycles. The van der Waals surface area contributed by atoms with Crippen LogP contribution in [0.1, 0.15) is 58.7 Å². The van der Waals surface area contributed by atoms with Gasteiger partial charge in [0.2, 0.25) is 0 Å². The lowest BCUT2D eigenvalue weighted by Crippen LogP contribution is -1.99. The van der Waals surface area contributed by atoms with Crippen molar-refractivity contribution in [1.29, 1.82) is 0 Å². The van der Waals surface area contributed by atoms with E-state index in [9.17, 15) is 5.11 Å². The zero-order chi connectivity index (χ0) is 14.7. The summed E-state index contributed by atoms with van der Waals surface area (Å²) in [6, 6.07) is 10.9. The first-order valence-electron chi connectivity index (χ1n) is 8.13. The van der Waals surface area contributed by atoms with Crippen molar-refractivity contribution >= 4 is 11.3 Å². The third-order valence-corrected chi connectivity index (χ3v) is 5.79. The minimum Gasteiger partial charge on any atom is -0.387 e. The van der Waals surface area contributed by atoms with E-state index < -0.39 is 0 Å². The second-order valence-electron chi connectivity index (χ2n) is 6.05. The van der Waals surface area contributed by atoms with Gasteiger partial charge in [-0.3, -0.25) is 0 Å². The highest BCUT2D eigenvalue weighted by Gasteiger charge is 2.17. The van der Waals surface area contributed by atoms with E-state index in [2.05, 4.69) is 37.3 Å². The van der Waals surface area contributed by atoms with Gasteiger partial charge in [-0.05, 0) is 54.9 Å². The first-order valence-corrected chi connectivity index (χ1v) is 8.95. The van der Waals surface area contributed by atoms with Gasteiger partial charge in [0.25, 0.3) is 0 Å². The number of aliphatic hydroxyl groups is 1. The molecule has 0 bridgehead atoms. The molecular formula is C19H24OS. The molecule has 2 aromatic rings. The SMILES string of the molecule is CCc1ccc(CC(O)c2cc3c(s2)CCCCC3)cc1. The van der Waals surface area contributed by atoms with Crippen molar-refractivity contribution in [2.45, 2.75) is 58.0 Å². The number of aryl methyl sites for hydroxylation is 3. The van der Waals surface area contributed by atoms with Gasteiger partial charge in [-0.2, -0.15) is 0 Å². The monoisotopic (exact) mass is 300 g/mol. The Kier molecular flexibility index (Phi) is 4.77. The van der Waals surface area contributed by atoms with E-state index in [1.54, 1.807) is 0 Å². The van der Waals surface area contributed by atoms with E-state index in [1.807, 2.05) is 11.3 Å². The van der Waals surface area contributed by atoms with Gasteiger partial charge in [0.05, 0.1) is 6.10 Å². The first-order chi connectivity index (χ1) is 10.3. The molecule has 1 heterocycles. The van der Waals surface area contributed by atoms with Crippen molar-refractivity contribution in [2.24, 2.45) is 0 Å². The third kappa shape index (κ3) is 3.56. The summed E-state index contributed by atoms with van der Waals surface area (Å²) in [7, 11) is 0. The van der Waals surface area contributed by atoms with Crippen molar-refractivity contribution < 1.29 is 5.11 Å². The smallest absolute Gasteiger partial charge is 0.0922 e. The Morgan fingerprint density at radius 3 is 2.52 bits per heavy atom. The lowest BCUT2D eigenvalue weighted by Gasteiger charge is -2.09. The topological polar surface area (TPSA) is 20.2 Å². The van der Waals surface area contributed by atoms with E-state index in [-0.39, 0.29) is 6.10 Å². The quantitative estimate of drug-likeness (QED) is 0.800. The van der Waals surface area contributed by atoms with Crippen LogP contribution in [0, 0.1) is 0 Å². The Hall–Kier alpha value is -1.12. The zero-order valence-electron chi connectivity index (χ0n) is 12.8. The maximum atomic E-state index is 10.5. The van der Waals surface area contributed by atoms with Crippen LogP contribution in [0.5, 0.6) is 0 Å². The molecule has 0 saturated carbocycles. The van der Waals surface area contributed by atoms with E-state index in [0.29, 0.717) is 0 Å². The molecule has 0 spiro atoms. The first kappa shape index (κ1) is 14.8. The molecule has 1 atom stereocenters. The Morgan fingerprint density at radius 1 is 1.05 bits per heavy atom. The number of hydrogen-bond acceptors (Lipinski definition) is 2. The fraction of sp³-hybridized carbons (Fsp3) is 0.474. The van der Waals surface area contributed by atoms with Crippen LogP contribution in [0.3, 0.4) is 0 Å². The highest BCUT2D eigenvalue weighted by Crippen LogP contribution is 2.33. The standard InChI is InChI=1S/C19H24OS/c1-2-14-8-10-15(11-9-14)12-17(20)19-13-16-6-4-3-5-7-18(16)21-19/h8-11,13,17,20H,2-7,12H2,1H3. The van der Waals surface area contributed by atoms with Crippen LogP contribution in [0.4, 0.5) is 0 Å². The predicted molar refractivity (Wildman–Crippen MR) is 90.1 cm³/mol. The van der Waals surface area contributed by atoms with Gasteiger partial charge in [-0.25, -0.2) is 0 Å². The van der Waals surface area contributed by atoms with Gasteiger partial charge < -0.3 is 5.11 Å². The van der Waals surface area contributed by atoms with Gasteiger partial charge in [0.1, 0.15) is 0 Å². The van der Waals surface area contributed by atoms with Crippen LogP contribution in [0.15, 0.2) is 30.3 Å². The van der Waals surface area contributed by atoms with Gasteiger partial charge in [0.15, 0.2) is 0 Å². The average Bonchev–Trinajstić information content (AvgIpc) is 2.79. The Bertz CT molecular complexity index is 559. The molecule has 1 aliphatic rings. The molecule has 0 amide bonds. The number of fused-ring (bicyclic) bond motifs is 1.